The van der Waals surface area contributed by atoms with Crippen molar-refractivity contribution in [1.82, 2.24) is 30.1 Å². The number of tetrazole rings is 1. The van der Waals surface area contributed by atoms with Crippen LogP contribution in [0.25, 0.3) is 10.9 Å². The van der Waals surface area contributed by atoms with Crippen LogP contribution in [0.1, 0.15) is 103 Å². The van der Waals surface area contributed by atoms with Crippen LogP contribution in [0.4, 0.5) is 0 Å². The number of pyridine rings is 1. The molecule has 1 aromatic carbocycles. The number of hydrogen-bond donors (Lipinski definition) is 1. The molecule has 0 saturated heterocycles. The highest BCUT2D eigenvalue weighted by Gasteiger charge is 2.34. The monoisotopic (exact) mass is 464 g/mol. The zero-order chi connectivity index (χ0) is 24.3. The molecule has 1 aliphatic carbocycles. The number of aromatic amines is 1. The minimum absolute atomic E-state index is 0.000825. The van der Waals surface area contributed by atoms with E-state index in [0.717, 1.165) is 54.4 Å². The van der Waals surface area contributed by atoms with Crippen LogP contribution >= 0.6 is 0 Å². The topological polar surface area (TPSA) is 79.7 Å². The van der Waals surface area contributed by atoms with E-state index in [0.29, 0.717) is 12.6 Å². The first-order valence-corrected chi connectivity index (χ1v) is 13.1. The summed E-state index contributed by atoms with van der Waals surface area (Å²) < 4.78 is 2.01. The van der Waals surface area contributed by atoms with Crippen molar-refractivity contribution in [3.63, 3.8) is 0 Å². The average molecular weight is 465 g/mol. The molecule has 1 fully saturated rings. The van der Waals surface area contributed by atoms with Gasteiger partial charge in [-0.3, -0.25) is 9.69 Å². The number of rotatable bonds is 9. The Labute approximate surface area is 202 Å². The van der Waals surface area contributed by atoms with Crippen LogP contribution in [0.15, 0.2) is 29.1 Å². The molecule has 0 spiro atoms. The third-order valence-electron chi connectivity index (χ3n) is 7.81. The second kappa shape index (κ2) is 10.4. The van der Waals surface area contributed by atoms with E-state index in [1.54, 1.807) is 0 Å². The van der Waals surface area contributed by atoms with Crippen molar-refractivity contribution in [1.29, 1.82) is 0 Å². The molecule has 2 aromatic heterocycles. The summed E-state index contributed by atoms with van der Waals surface area (Å²) in [7, 11) is 0. The molecule has 1 aliphatic rings. The van der Waals surface area contributed by atoms with Crippen LogP contribution < -0.4 is 5.56 Å². The van der Waals surface area contributed by atoms with Crippen molar-refractivity contribution in [2.75, 3.05) is 0 Å². The van der Waals surface area contributed by atoms with Crippen molar-refractivity contribution in [3.05, 3.63) is 51.6 Å². The SMILES string of the molecule is CCc1ccc2[nH]c(=O)c(CN(C3CCCCC3)[C@H](CC)c3nnnn3C(C)(C)CC)cc2c1. The first kappa shape index (κ1) is 24.6. The van der Waals surface area contributed by atoms with E-state index in [2.05, 4.69) is 78.2 Å². The van der Waals surface area contributed by atoms with Gasteiger partial charge in [-0.15, -0.1) is 5.10 Å². The van der Waals surface area contributed by atoms with E-state index in [-0.39, 0.29) is 17.1 Å². The van der Waals surface area contributed by atoms with E-state index in [1.807, 2.05) is 10.7 Å². The highest BCUT2D eigenvalue weighted by Crippen LogP contribution is 2.34. The predicted octanol–water partition coefficient (Wildman–Crippen LogP) is 5.51. The second-order valence-electron chi connectivity index (χ2n) is 10.4. The van der Waals surface area contributed by atoms with E-state index < -0.39 is 0 Å². The molecule has 3 aromatic rings. The fourth-order valence-corrected chi connectivity index (χ4v) is 5.29. The van der Waals surface area contributed by atoms with Gasteiger partial charge in [0.2, 0.25) is 0 Å². The molecule has 1 saturated carbocycles. The molecule has 7 heteroatoms. The highest BCUT2D eigenvalue weighted by molar-refractivity contribution is 5.79. The van der Waals surface area contributed by atoms with E-state index >= 15 is 0 Å². The Morgan fingerprint density at radius 3 is 2.59 bits per heavy atom. The lowest BCUT2D eigenvalue weighted by molar-refractivity contribution is 0.0801. The molecule has 2 heterocycles. The maximum Gasteiger partial charge on any atom is 0.252 e. The third-order valence-corrected chi connectivity index (χ3v) is 7.81. The summed E-state index contributed by atoms with van der Waals surface area (Å²) in [6, 6.07) is 8.88. The molecule has 34 heavy (non-hydrogen) atoms. The molecule has 4 rings (SSSR count). The molecule has 184 valence electrons. The summed E-state index contributed by atoms with van der Waals surface area (Å²) in [6.45, 7) is 11.5. The number of fused-ring (bicyclic) bond motifs is 1. The van der Waals surface area contributed by atoms with Crippen molar-refractivity contribution >= 4 is 10.9 Å². The average Bonchev–Trinajstić information content (AvgIpc) is 3.35. The standard InChI is InChI=1S/C27H40N6O/c1-6-19-14-15-23-20(16-19)17-21(26(34)28-23)18-32(22-12-10-9-11-13-22)24(7-2)25-29-30-31-33(25)27(4,5)8-3/h14-17,22,24H,6-13,18H2,1-5H3,(H,28,34)/t24-/m1/s1. The Morgan fingerprint density at radius 2 is 1.91 bits per heavy atom. The second-order valence-corrected chi connectivity index (χ2v) is 10.4. The van der Waals surface area contributed by atoms with Gasteiger partial charge in [-0.05, 0) is 85.5 Å². The van der Waals surface area contributed by atoms with Crippen molar-refractivity contribution < 1.29 is 0 Å². The fourth-order valence-electron chi connectivity index (χ4n) is 5.29. The number of aryl methyl sites for hydroxylation is 1. The lowest BCUT2D eigenvalue weighted by Gasteiger charge is -2.40. The molecule has 0 bridgehead atoms. The Balaban J connectivity index is 1.76. The molecule has 7 nitrogen and oxygen atoms in total. The molecule has 0 radical (unpaired) electrons. The van der Waals surface area contributed by atoms with E-state index in [9.17, 15) is 4.79 Å². The van der Waals surface area contributed by atoms with Crippen LogP contribution in [-0.2, 0) is 18.5 Å². The summed E-state index contributed by atoms with van der Waals surface area (Å²) >= 11 is 0. The molecule has 1 atom stereocenters. The zero-order valence-corrected chi connectivity index (χ0v) is 21.5. The number of aromatic nitrogens is 5. The van der Waals surface area contributed by atoms with Gasteiger partial charge in [-0.1, -0.05) is 46.1 Å². The summed E-state index contributed by atoms with van der Waals surface area (Å²) in [5.74, 6) is 0.908. The Bertz CT molecular complexity index is 1160. The normalized spacial score (nSPS) is 16.4. The number of nitrogens with one attached hydrogen (secondary N) is 1. The summed E-state index contributed by atoms with van der Waals surface area (Å²) in [6.07, 6.45) is 8.87. The molecule has 0 amide bonds. The zero-order valence-electron chi connectivity index (χ0n) is 21.5. The van der Waals surface area contributed by atoms with Gasteiger partial charge in [0.15, 0.2) is 5.82 Å². The smallest absolute Gasteiger partial charge is 0.252 e. The van der Waals surface area contributed by atoms with Gasteiger partial charge >= 0.3 is 0 Å². The molecular weight excluding hydrogens is 424 g/mol. The van der Waals surface area contributed by atoms with Gasteiger partial charge in [0, 0.05) is 23.7 Å². The van der Waals surface area contributed by atoms with E-state index in [4.69, 9.17) is 0 Å². The van der Waals surface area contributed by atoms with Crippen LogP contribution in [0.2, 0.25) is 0 Å². The van der Waals surface area contributed by atoms with Crippen LogP contribution in [0.3, 0.4) is 0 Å². The number of H-pyrrole nitrogens is 1. The minimum atomic E-state index is -0.165. The lowest BCUT2D eigenvalue weighted by Crippen LogP contribution is -2.42. The molecule has 0 aliphatic heterocycles. The molecule has 0 unspecified atom stereocenters. The van der Waals surface area contributed by atoms with Gasteiger partial charge in [0.05, 0.1) is 11.6 Å². The Kier molecular flexibility index (Phi) is 7.51. The van der Waals surface area contributed by atoms with Gasteiger partial charge in [0.25, 0.3) is 5.56 Å². The van der Waals surface area contributed by atoms with Crippen LogP contribution in [-0.4, -0.2) is 36.1 Å². The summed E-state index contributed by atoms with van der Waals surface area (Å²) in [5.41, 5.74) is 2.83. The third kappa shape index (κ3) is 4.95. The lowest BCUT2D eigenvalue weighted by atomic mass is 9.91. The summed E-state index contributed by atoms with van der Waals surface area (Å²) in [5, 5.41) is 14.1. The molecule has 1 N–H and O–H groups in total. The largest absolute Gasteiger partial charge is 0.322 e. The van der Waals surface area contributed by atoms with Crippen LogP contribution in [0, 0.1) is 0 Å². The maximum absolute atomic E-state index is 13.1. The van der Waals surface area contributed by atoms with Crippen LogP contribution in [0.5, 0.6) is 0 Å². The number of nitrogens with zero attached hydrogens (tertiary/aromatic N) is 5. The first-order valence-electron chi connectivity index (χ1n) is 13.1. The fraction of sp³-hybridized carbons (Fsp3) is 0.630. The number of hydrogen-bond acceptors (Lipinski definition) is 5. The van der Waals surface area contributed by atoms with Gasteiger partial charge in [0.1, 0.15) is 0 Å². The Hall–Kier alpha value is -2.54. The minimum Gasteiger partial charge on any atom is -0.322 e. The predicted molar refractivity (Wildman–Crippen MR) is 137 cm³/mol. The van der Waals surface area contributed by atoms with Gasteiger partial charge in [-0.2, -0.15) is 0 Å². The van der Waals surface area contributed by atoms with Gasteiger partial charge < -0.3 is 4.98 Å². The van der Waals surface area contributed by atoms with Gasteiger partial charge in [-0.25, -0.2) is 4.68 Å². The number of benzene rings is 1. The van der Waals surface area contributed by atoms with Crippen molar-refractivity contribution in [2.24, 2.45) is 0 Å². The quantitative estimate of drug-likeness (QED) is 0.452. The summed E-state index contributed by atoms with van der Waals surface area (Å²) in [4.78, 5) is 18.8. The maximum atomic E-state index is 13.1. The highest BCUT2D eigenvalue weighted by atomic mass is 16.1. The Morgan fingerprint density at radius 1 is 1.15 bits per heavy atom. The van der Waals surface area contributed by atoms with E-state index in [1.165, 1.54) is 24.8 Å². The van der Waals surface area contributed by atoms with Crippen molar-refractivity contribution in [2.45, 2.75) is 110 Å². The van der Waals surface area contributed by atoms with Crippen molar-refractivity contribution in [3.8, 4) is 0 Å². The molecular formula is C27H40N6O. The first-order chi connectivity index (χ1) is 16.4.